The van der Waals surface area contributed by atoms with Gasteiger partial charge in [0.25, 0.3) is 0 Å². The zero-order chi connectivity index (χ0) is 6.69. The van der Waals surface area contributed by atoms with Gasteiger partial charge in [-0.3, -0.25) is 10.3 Å². The van der Waals surface area contributed by atoms with Crippen LogP contribution in [0.15, 0.2) is 11.7 Å². The molecule has 1 aromatic heterocycles. The van der Waals surface area contributed by atoms with Gasteiger partial charge in [-0.1, -0.05) is 0 Å². The van der Waals surface area contributed by atoms with E-state index >= 15 is 0 Å². The lowest BCUT2D eigenvalue weighted by Crippen LogP contribution is -2.18. The Labute approximate surface area is 55.7 Å². The van der Waals surface area contributed by atoms with E-state index in [1.807, 2.05) is 0 Å². The highest BCUT2D eigenvalue weighted by molar-refractivity contribution is 7.13. The van der Waals surface area contributed by atoms with Gasteiger partial charge >= 0.3 is 6.03 Å². The predicted molar refractivity (Wildman–Crippen MR) is 35.3 cm³/mol. The fraction of sp³-hybridized carbons (Fsp3) is 0. The van der Waals surface area contributed by atoms with E-state index in [4.69, 9.17) is 5.73 Å². The SMILES string of the molecule is NC(=O)Nc1cncs1. The number of thiazole rings is 1. The lowest BCUT2D eigenvalue weighted by Gasteiger charge is -1.91. The van der Waals surface area contributed by atoms with E-state index in [9.17, 15) is 4.79 Å². The van der Waals surface area contributed by atoms with Crippen LogP contribution in [0.2, 0.25) is 0 Å². The molecule has 48 valence electrons. The first-order valence-corrected chi connectivity index (χ1v) is 3.12. The first-order chi connectivity index (χ1) is 4.29. The number of aromatic nitrogens is 1. The normalized spacial score (nSPS) is 8.89. The molecule has 0 spiro atoms. The number of carbonyl (C=O) groups is 1. The van der Waals surface area contributed by atoms with Crippen LogP contribution in [0.25, 0.3) is 0 Å². The van der Waals surface area contributed by atoms with Crippen molar-refractivity contribution in [3.8, 4) is 0 Å². The summed E-state index contributed by atoms with van der Waals surface area (Å²) in [4.78, 5) is 13.9. The van der Waals surface area contributed by atoms with Gasteiger partial charge in [0.1, 0.15) is 5.00 Å². The minimum atomic E-state index is -0.556. The van der Waals surface area contributed by atoms with Crippen LogP contribution in [0, 0.1) is 0 Å². The van der Waals surface area contributed by atoms with Gasteiger partial charge in [0, 0.05) is 0 Å². The van der Waals surface area contributed by atoms with Crippen molar-refractivity contribution >= 4 is 22.4 Å². The Morgan fingerprint density at radius 2 is 2.67 bits per heavy atom. The molecule has 1 aromatic rings. The quantitative estimate of drug-likeness (QED) is 0.605. The van der Waals surface area contributed by atoms with Gasteiger partial charge in [0.15, 0.2) is 0 Å². The van der Waals surface area contributed by atoms with E-state index in [0.29, 0.717) is 5.00 Å². The predicted octanol–water partition coefficient (Wildman–Crippen LogP) is 0.634. The summed E-state index contributed by atoms with van der Waals surface area (Å²) < 4.78 is 0. The Morgan fingerprint density at radius 1 is 1.89 bits per heavy atom. The lowest BCUT2D eigenvalue weighted by molar-refractivity contribution is 0.259. The number of nitrogens with one attached hydrogen (secondary N) is 1. The van der Waals surface area contributed by atoms with Crippen LogP contribution in [0.3, 0.4) is 0 Å². The summed E-state index contributed by atoms with van der Waals surface area (Å²) in [6.45, 7) is 0. The number of hydrogen-bond acceptors (Lipinski definition) is 3. The number of amides is 2. The number of nitrogens with zero attached hydrogens (tertiary/aromatic N) is 1. The molecule has 0 aliphatic heterocycles. The van der Waals surface area contributed by atoms with E-state index in [1.165, 1.54) is 17.5 Å². The molecule has 5 heteroatoms. The number of nitrogens with two attached hydrogens (primary N) is 1. The average molecular weight is 143 g/mol. The maximum absolute atomic E-state index is 10.2. The first-order valence-electron chi connectivity index (χ1n) is 2.24. The number of carbonyl (C=O) groups excluding carboxylic acids is 1. The molecule has 0 fully saturated rings. The van der Waals surface area contributed by atoms with Crippen LogP contribution in [-0.2, 0) is 0 Å². The van der Waals surface area contributed by atoms with Crippen LogP contribution < -0.4 is 11.1 Å². The van der Waals surface area contributed by atoms with Gasteiger partial charge in [0.2, 0.25) is 0 Å². The molecule has 0 saturated carbocycles. The molecular formula is C4H5N3OS. The van der Waals surface area contributed by atoms with Crippen LogP contribution in [0.5, 0.6) is 0 Å². The summed E-state index contributed by atoms with van der Waals surface area (Å²) in [5, 5.41) is 3.05. The van der Waals surface area contributed by atoms with Crippen molar-refractivity contribution in [1.29, 1.82) is 0 Å². The Balaban J connectivity index is 2.58. The summed E-state index contributed by atoms with van der Waals surface area (Å²) in [6, 6.07) is -0.556. The highest BCUT2D eigenvalue weighted by Gasteiger charge is 1.93. The van der Waals surface area contributed by atoms with Gasteiger partial charge in [-0.25, -0.2) is 4.79 Å². The Kier molecular flexibility index (Phi) is 1.64. The van der Waals surface area contributed by atoms with E-state index in [-0.39, 0.29) is 0 Å². The van der Waals surface area contributed by atoms with E-state index in [0.717, 1.165) is 0 Å². The molecule has 2 amide bonds. The number of anilines is 1. The maximum Gasteiger partial charge on any atom is 0.317 e. The second kappa shape index (κ2) is 2.45. The smallest absolute Gasteiger partial charge is 0.317 e. The minimum absolute atomic E-state index is 0.556. The third kappa shape index (κ3) is 1.69. The molecule has 0 aliphatic rings. The molecule has 0 aliphatic carbocycles. The zero-order valence-electron chi connectivity index (χ0n) is 4.50. The number of rotatable bonds is 1. The molecule has 0 unspecified atom stereocenters. The molecule has 3 N–H and O–H groups in total. The first kappa shape index (κ1) is 6.03. The fourth-order valence-corrected chi connectivity index (χ4v) is 0.915. The summed E-state index contributed by atoms with van der Waals surface area (Å²) in [5.41, 5.74) is 6.43. The van der Waals surface area contributed by atoms with E-state index < -0.39 is 6.03 Å². The fourth-order valence-electron chi connectivity index (χ4n) is 0.399. The standard InChI is InChI=1S/C4H5N3OS/c5-4(8)7-3-1-6-2-9-3/h1-2H,(H3,5,7,8). The molecule has 0 atom stereocenters. The monoisotopic (exact) mass is 143 g/mol. The molecule has 1 heterocycles. The largest absolute Gasteiger partial charge is 0.351 e. The summed E-state index contributed by atoms with van der Waals surface area (Å²) in [7, 11) is 0. The van der Waals surface area contributed by atoms with Crippen molar-refractivity contribution in [3.05, 3.63) is 11.7 Å². The second-order valence-electron chi connectivity index (χ2n) is 1.35. The topological polar surface area (TPSA) is 68.0 Å². The molecule has 0 saturated heterocycles. The zero-order valence-corrected chi connectivity index (χ0v) is 5.31. The van der Waals surface area contributed by atoms with Gasteiger partial charge < -0.3 is 5.73 Å². The van der Waals surface area contributed by atoms with Crippen molar-refractivity contribution in [2.45, 2.75) is 0 Å². The molecule has 0 radical (unpaired) electrons. The van der Waals surface area contributed by atoms with Crippen molar-refractivity contribution in [1.82, 2.24) is 4.98 Å². The van der Waals surface area contributed by atoms with Gasteiger partial charge in [-0.05, 0) is 0 Å². The Morgan fingerprint density at radius 3 is 3.11 bits per heavy atom. The molecule has 4 nitrogen and oxygen atoms in total. The van der Waals surface area contributed by atoms with Gasteiger partial charge in [0.05, 0.1) is 11.7 Å². The molecule has 9 heavy (non-hydrogen) atoms. The summed E-state index contributed by atoms with van der Waals surface area (Å²) >= 11 is 1.33. The molecule has 0 aromatic carbocycles. The summed E-state index contributed by atoms with van der Waals surface area (Å²) in [5.74, 6) is 0. The Bertz CT molecular complexity index is 196. The summed E-state index contributed by atoms with van der Waals surface area (Å²) in [6.07, 6.45) is 1.54. The van der Waals surface area contributed by atoms with Crippen LogP contribution in [0.4, 0.5) is 9.80 Å². The molecule has 1 rings (SSSR count). The van der Waals surface area contributed by atoms with E-state index in [2.05, 4.69) is 10.3 Å². The van der Waals surface area contributed by atoms with Crippen LogP contribution >= 0.6 is 11.3 Å². The Hall–Kier alpha value is -1.10. The van der Waals surface area contributed by atoms with Gasteiger partial charge in [-0.2, -0.15) is 0 Å². The number of hydrogen-bond donors (Lipinski definition) is 2. The third-order valence-electron chi connectivity index (χ3n) is 0.679. The number of primary amides is 1. The van der Waals surface area contributed by atoms with Crippen LogP contribution in [-0.4, -0.2) is 11.0 Å². The highest BCUT2D eigenvalue weighted by Crippen LogP contribution is 2.10. The number of urea groups is 1. The van der Waals surface area contributed by atoms with Crippen molar-refractivity contribution in [2.75, 3.05) is 5.32 Å². The lowest BCUT2D eigenvalue weighted by atomic mass is 10.8. The van der Waals surface area contributed by atoms with Crippen molar-refractivity contribution in [2.24, 2.45) is 5.73 Å². The molecular weight excluding hydrogens is 138 g/mol. The average Bonchev–Trinajstić information content (AvgIpc) is 2.15. The maximum atomic E-state index is 10.2. The van der Waals surface area contributed by atoms with Crippen molar-refractivity contribution in [3.63, 3.8) is 0 Å². The highest BCUT2D eigenvalue weighted by atomic mass is 32.1. The van der Waals surface area contributed by atoms with Crippen LogP contribution in [0.1, 0.15) is 0 Å². The molecule has 0 bridgehead atoms. The van der Waals surface area contributed by atoms with E-state index in [1.54, 1.807) is 5.51 Å². The minimum Gasteiger partial charge on any atom is -0.351 e. The van der Waals surface area contributed by atoms with Crippen molar-refractivity contribution < 1.29 is 4.79 Å². The second-order valence-corrected chi connectivity index (χ2v) is 2.24. The third-order valence-corrected chi connectivity index (χ3v) is 1.37. The van der Waals surface area contributed by atoms with Gasteiger partial charge in [-0.15, -0.1) is 11.3 Å².